The number of carbonyl (C=O) groups excluding carboxylic acids is 1. The third kappa shape index (κ3) is 4.83. The fourth-order valence-corrected chi connectivity index (χ4v) is 3.02. The van der Waals surface area contributed by atoms with Gasteiger partial charge in [0.25, 0.3) is 0 Å². The van der Waals surface area contributed by atoms with Crippen molar-refractivity contribution in [3.8, 4) is 0 Å². The smallest absolute Gasteiger partial charge is 0.220 e. The van der Waals surface area contributed by atoms with E-state index in [2.05, 4.69) is 17.6 Å². The molecule has 1 aromatic rings. The Morgan fingerprint density at radius 3 is 2.67 bits per heavy atom. The average molecular weight is 290 g/mol. The number of hydrogen-bond donors (Lipinski definition) is 3. The van der Waals surface area contributed by atoms with Crippen LogP contribution in [0.5, 0.6) is 0 Å². The van der Waals surface area contributed by atoms with E-state index in [9.17, 15) is 9.90 Å². The molecule has 3 N–H and O–H groups in total. The summed E-state index contributed by atoms with van der Waals surface area (Å²) in [5.41, 5.74) is 1.87. The van der Waals surface area contributed by atoms with E-state index in [1.54, 1.807) is 0 Å². The number of carbonyl (C=O) groups is 1. The Labute approximate surface area is 126 Å². The van der Waals surface area contributed by atoms with Gasteiger partial charge in [0, 0.05) is 13.0 Å². The van der Waals surface area contributed by atoms with Gasteiger partial charge in [-0.3, -0.25) is 4.79 Å². The molecule has 1 aliphatic rings. The number of nitrogens with one attached hydrogen (secondary N) is 2. The zero-order valence-electron chi connectivity index (χ0n) is 12.8. The van der Waals surface area contributed by atoms with E-state index in [0.717, 1.165) is 24.2 Å². The molecule has 0 aliphatic carbocycles. The second-order valence-corrected chi connectivity index (χ2v) is 5.97. The normalized spacial score (nSPS) is 17.4. The molecular formula is C17H26N2O2. The largest absolute Gasteiger partial charge is 0.392 e. The molecular weight excluding hydrogens is 264 g/mol. The highest BCUT2D eigenvalue weighted by Crippen LogP contribution is 2.24. The van der Waals surface area contributed by atoms with Gasteiger partial charge in [-0.05, 0) is 48.9 Å². The van der Waals surface area contributed by atoms with Gasteiger partial charge >= 0.3 is 0 Å². The number of piperidine rings is 1. The standard InChI is InChI=1S/C17H26N2O2/c1-13(14-6-8-18-9-7-14)10-17(21)19-11-15-4-2-3-5-16(15)12-20/h2-5,13-14,18,20H,6-12H2,1H3,(H,19,21). The molecule has 0 saturated carbocycles. The molecule has 1 atom stereocenters. The molecule has 1 fully saturated rings. The van der Waals surface area contributed by atoms with Crippen molar-refractivity contribution < 1.29 is 9.90 Å². The second kappa shape index (κ2) is 8.15. The Balaban J connectivity index is 1.78. The maximum absolute atomic E-state index is 12.1. The first-order valence-electron chi connectivity index (χ1n) is 7.85. The lowest BCUT2D eigenvalue weighted by atomic mass is 9.84. The molecule has 0 aromatic heterocycles. The molecule has 0 spiro atoms. The summed E-state index contributed by atoms with van der Waals surface area (Å²) in [5.74, 6) is 1.19. The van der Waals surface area contributed by atoms with Crippen molar-refractivity contribution in [1.29, 1.82) is 0 Å². The van der Waals surface area contributed by atoms with E-state index in [1.807, 2.05) is 24.3 Å². The lowest BCUT2D eigenvalue weighted by Crippen LogP contribution is -2.33. The van der Waals surface area contributed by atoms with E-state index < -0.39 is 0 Å². The molecule has 0 radical (unpaired) electrons. The van der Waals surface area contributed by atoms with Crippen molar-refractivity contribution >= 4 is 5.91 Å². The van der Waals surface area contributed by atoms with Crippen LogP contribution >= 0.6 is 0 Å². The summed E-state index contributed by atoms with van der Waals surface area (Å²) < 4.78 is 0. The first-order valence-corrected chi connectivity index (χ1v) is 7.85. The third-order valence-corrected chi connectivity index (χ3v) is 4.46. The number of benzene rings is 1. The minimum Gasteiger partial charge on any atom is -0.392 e. The van der Waals surface area contributed by atoms with Crippen LogP contribution in [-0.2, 0) is 17.9 Å². The van der Waals surface area contributed by atoms with Crippen LogP contribution in [0.4, 0.5) is 0 Å². The molecule has 4 heteroatoms. The zero-order chi connectivity index (χ0) is 15.1. The van der Waals surface area contributed by atoms with Crippen LogP contribution in [0.25, 0.3) is 0 Å². The van der Waals surface area contributed by atoms with Gasteiger partial charge in [0.2, 0.25) is 5.91 Å². The highest BCUT2D eigenvalue weighted by molar-refractivity contribution is 5.76. The van der Waals surface area contributed by atoms with E-state index >= 15 is 0 Å². The molecule has 1 heterocycles. The number of aliphatic hydroxyl groups is 1. The molecule has 116 valence electrons. The van der Waals surface area contributed by atoms with Crippen molar-refractivity contribution in [1.82, 2.24) is 10.6 Å². The van der Waals surface area contributed by atoms with E-state index in [4.69, 9.17) is 0 Å². The van der Waals surface area contributed by atoms with E-state index in [1.165, 1.54) is 12.8 Å². The highest BCUT2D eigenvalue weighted by Gasteiger charge is 2.21. The molecule has 1 amide bonds. The van der Waals surface area contributed by atoms with Gasteiger partial charge < -0.3 is 15.7 Å². The molecule has 1 aliphatic heterocycles. The summed E-state index contributed by atoms with van der Waals surface area (Å²) in [7, 11) is 0. The summed E-state index contributed by atoms with van der Waals surface area (Å²) in [6, 6.07) is 7.66. The lowest BCUT2D eigenvalue weighted by molar-refractivity contribution is -0.122. The summed E-state index contributed by atoms with van der Waals surface area (Å²) in [6.07, 6.45) is 2.93. The van der Waals surface area contributed by atoms with Crippen molar-refractivity contribution in [3.05, 3.63) is 35.4 Å². The maximum Gasteiger partial charge on any atom is 0.220 e. The average Bonchev–Trinajstić information content (AvgIpc) is 2.54. The first-order chi connectivity index (χ1) is 10.2. The number of aliphatic hydroxyl groups excluding tert-OH is 1. The van der Waals surface area contributed by atoms with Gasteiger partial charge in [0.1, 0.15) is 0 Å². The number of rotatable bonds is 6. The van der Waals surface area contributed by atoms with Crippen LogP contribution in [0.15, 0.2) is 24.3 Å². The van der Waals surface area contributed by atoms with Crippen molar-refractivity contribution in [3.63, 3.8) is 0 Å². The molecule has 21 heavy (non-hydrogen) atoms. The van der Waals surface area contributed by atoms with Gasteiger partial charge in [0.05, 0.1) is 6.61 Å². The second-order valence-electron chi connectivity index (χ2n) is 5.97. The van der Waals surface area contributed by atoms with Crippen molar-refractivity contribution in [2.75, 3.05) is 13.1 Å². The predicted octanol–water partition coefficient (Wildman–Crippen LogP) is 1.82. The molecule has 0 bridgehead atoms. The minimum atomic E-state index is 0.0114. The van der Waals surface area contributed by atoms with Gasteiger partial charge in [0.15, 0.2) is 0 Å². The van der Waals surface area contributed by atoms with Gasteiger partial charge in [-0.15, -0.1) is 0 Å². The van der Waals surface area contributed by atoms with Crippen LogP contribution < -0.4 is 10.6 Å². The summed E-state index contributed by atoms with van der Waals surface area (Å²) in [5, 5.41) is 15.6. The maximum atomic E-state index is 12.1. The zero-order valence-corrected chi connectivity index (χ0v) is 12.8. The predicted molar refractivity (Wildman–Crippen MR) is 83.6 cm³/mol. The Bertz CT molecular complexity index is 456. The minimum absolute atomic E-state index is 0.0114. The highest BCUT2D eigenvalue weighted by atomic mass is 16.3. The third-order valence-electron chi connectivity index (χ3n) is 4.46. The van der Waals surface area contributed by atoms with Gasteiger partial charge in [-0.25, -0.2) is 0 Å². The Hall–Kier alpha value is -1.39. The molecule has 1 unspecified atom stereocenters. The summed E-state index contributed by atoms with van der Waals surface area (Å²) in [6.45, 7) is 4.82. The Morgan fingerprint density at radius 1 is 1.33 bits per heavy atom. The van der Waals surface area contributed by atoms with Crippen molar-refractivity contribution in [2.24, 2.45) is 11.8 Å². The monoisotopic (exact) mass is 290 g/mol. The topological polar surface area (TPSA) is 61.4 Å². The fraction of sp³-hybridized carbons (Fsp3) is 0.588. The van der Waals surface area contributed by atoms with Crippen LogP contribution in [0, 0.1) is 11.8 Å². The van der Waals surface area contributed by atoms with E-state index in [0.29, 0.717) is 24.8 Å². The molecule has 4 nitrogen and oxygen atoms in total. The van der Waals surface area contributed by atoms with Crippen molar-refractivity contribution in [2.45, 2.75) is 39.3 Å². The fourth-order valence-electron chi connectivity index (χ4n) is 3.02. The van der Waals surface area contributed by atoms with Crippen LogP contribution in [-0.4, -0.2) is 24.1 Å². The van der Waals surface area contributed by atoms with Gasteiger partial charge in [-0.2, -0.15) is 0 Å². The Morgan fingerprint density at radius 2 is 2.00 bits per heavy atom. The summed E-state index contributed by atoms with van der Waals surface area (Å²) in [4.78, 5) is 12.1. The van der Waals surface area contributed by atoms with Crippen LogP contribution in [0.3, 0.4) is 0 Å². The molecule has 1 aromatic carbocycles. The van der Waals surface area contributed by atoms with E-state index in [-0.39, 0.29) is 12.5 Å². The molecule has 1 saturated heterocycles. The summed E-state index contributed by atoms with van der Waals surface area (Å²) >= 11 is 0. The quantitative estimate of drug-likeness (QED) is 0.749. The van der Waals surface area contributed by atoms with Crippen LogP contribution in [0.1, 0.15) is 37.3 Å². The first kappa shape index (κ1) is 16.0. The number of amides is 1. The SMILES string of the molecule is CC(CC(=O)NCc1ccccc1CO)C1CCNCC1. The molecule has 2 rings (SSSR count). The number of hydrogen-bond acceptors (Lipinski definition) is 3. The Kier molecular flexibility index (Phi) is 6.21. The lowest BCUT2D eigenvalue weighted by Gasteiger charge is -2.27. The van der Waals surface area contributed by atoms with Gasteiger partial charge in [-0.1, -0.05) is 31.2 Å². The van der Waals surface area contributed by atoms with Crippen LogP contribution in [0.2, 0.25) is 0 Å².